The number of hydrogen-bond donors (Lipinski definition) is 0. The van der Waals surface area contributed by atoms with Crippen LogP contribution in [-0.2, 0) is 4.79 Å². The largest absolute Gasteiger partial charge is 0.494 e. The van der Waals surface area contributed by atoms with Crippen LogP contribution in [0.4, 0.5) is 5.69 Å². The van der Waals surface area contributed by atoms with E-state index < -0.39 is 0 Å². The molecule has 0 N–H and O–H groups in total. The van der Waals surface area contributed by atoms with Crippen LogP contribution in [0.2, 0.25) is 0 Å². The Hall–Kier alpha value is -1.94. The predicted molar refractivity (Wildman–Crippen MR) is 119 cm³/mol. The van der Waals surface area contributed by atoms with Crippen LogP contribution in [0.3, 0.4) is 0 Å². The number of ether oxygens (including phenoxy) is 1. The van der Waals surface area contributed by atoms with E-state index in [-0.39, 0.29) is 11.3 Å². The number of hydrogen-bond acceptors (Lipinski definition) is 3. The van der Waals surface area contributed by atoms with Gasteiger partial charge in [0.25, 0.3) is 0 Å². The molecular formula is C24H31NO2S. The molecule has 1 aliphatic heterocycles. The molecule has 0 aliphatic carbocycles. The second kappa shape index (κ2) is 10.6. The van der Waals surface area contributed by atoms with E-state index in [2.05, 4.69) is 38.1 Å². The zero-order valence-corrected chi connectivity index (χ0v) is 17.8. The number of nitrogens with zero attached hydrogens (tertiary/aromatic N) is 1. The monoisotopic (exact) mass is 397 g/mol. The van der Waals surface area contributed by atoms with Gasteiger partial charge in [-0.25, -0.2) is 0 Å². The molecule has 1 amide bonds. The summed E-state index contributed by atoms with van der Waals surface area (Å²) in [4.78, 5) is 14.4. The third-order valence-corrected chi connectivity index (χ3v) is 6.32. The molecule has 1 fully saturated rings. The van der Waals surface area contributed by atoms with E-state index in [1.54, 1.807) is 11.8 Å². The molecule has 28 heavy (non-hydrogen) atoms. The van der Waals surface area contributed by atoms with E-state index in [1.165, 1.54) is 37.7 Å². The molecule has 150 valence electrons. The Morgan fingerprint density at radius 2 is 1.64 bits per heavy atom. The van der Waals surface area contributed by atoms with Gasteiger partial charge >= 0.3 is 0 Å². The molecule has 3 nitrogen and oxygen atoms in total. The topological polar surface area (TPSA) is 29.5 Å². The van der Waals surface area contributed by atoms with E-state index in [4.69, 9.17) is 4.74 Å². The summed E-state index contributed by atoms with van der Waals surface area (Å²) in [5, 5.41) is 0.0304. The zero-order valence-electron chi connectivity index (χ0n) is 17.0. The van der Waals surface area contributed by atoms with Crippen molar-refractivity contribution in [2.45, 2.75) is 57.7 Å². The first kappa shape index (κ1) is 20.8. The summed E-state index contributed by atoms with van der Waals surface area (Å²) < 4.78 is 5.89. The van der Waals surface area contributed by atoms with Gasteiger partial charge in [-0.2, -0.15) is 0 Å². The van der Waals surface area contributed by atoms with Gasteiger partial charge in [0, 0.05) is 5.69 Å². The minimum Gasteiger partial charge on any atom is -0.494 e. The minimum absolute atomic E-state index is 0.0304. The van der Waals surface area contributed by atoms with E-state index in [9.17, 15) is 4.79 Å². The van der Waals surface area contributed by atoms with Crippen molar-refractivity contribution in [3.05, 3.63) is 59.7 Å². The normalized spacial score (nSPS) is 16.6. The first-order valence-electron chi connectivity index (χ1n) is 10.4. The number of unbranched alkanes of at least 4 members (excludes halogenated alkanes) is 5. The predicted octanol–water partition coefficient (Wildman–Crippen LogP) is 6.51. The second-order valence-electron chi connectivity index (χ2n) is 7.45. The van der Waals surface area contributed by atoms with Gasteiger partial charge in [-0.15, -0.1) is 11.8 Å². The van der Waals surface area contributed by atoms with Gasteiger partial charge in [0.1, 0.15) is 11.1 Å². The average Bonchev–Trinajstić information content (AvgIpc) is 3.10. The molecular weight excluding hydrogens is 366 g/mol. The Bertz CT molecular complexity index is 742. The van der Waals surface area contributed by atoms with Gasteiger partial charge in [-0.1, -0.05) is 68.9 Å². The maximum absolute atomic E-state index is 12.5. The lowest BCUT2D eigenvalue weighted by Gasteiger charge is -2.24. The molecule has 3 rings (SSSR count). The molecule has 0 spiro atoms. The number of anilines is 1. The fourth-order valence-electron chi connectivity index (χ4n) is 3.46. The Morgan fingerprint density at radius 3 is 2.36 bits per heavy atom. The molecule has 2 aromatic carbocycles. The maximum Gasteiger partial charge on any atom is 0.238 e. The number of carbonyl (C=O) groups is 1. The molecule has 0 radical (unpaired) electrons. The SMILES string of the molecule is CCCCCCCCOc1ccc(C2SCC(=O)N2c2ccc(C)cc2)cc1. The molecule has 1 aliphatic rings. The summed E-state index contributed by atoms with van der Waals surface area (Å²) in [6, 6.07) is 16.4. The molecule has 4 heteroatoms. The highest BCUT2D eigenvalue weighted by atomic mass is 32.2. The number of thioether (sulfide) groups is 1. The molecule has 1 unspecified atom stereocenters. The van der Waals surface area contributed by atoms with Gasteiger partial charge in [-0.3, -0.25) is 9.69 Å². The van der Waals surface area contributed by atoms with E-state index in [0.29, 0.717) is 5.75 Å². The van der Waals surface area contributed by atoms with Crippen molar-refractivity contribution in [2.24, 2.45) is 0 Å². The smallest absolute Gasteiger partial charge is 0.238 e. The highest BCUT2D eigenvalue weighted by Crippen LogP contribution is 2.42. The van der Waals surface area contributed by atoms with Crippen molar-refractivity contribution in [3.8, 4) is 5.75 Å². The summed E-state index contributed by atoms with van der Waals surface area (Å²) in [6.07, 6.45) is 7.61. The molecule has 1 atom stereocenters. The molecule has 2 aromatic rings. The van der Waals surface area contributed by atoms with E-state index in [0.717, 1.165) is 30.0 Å². The Labute approximate surface area is 173 Å². The third kappa shape index (κ3) is 5.54. The van der Waals surface area contributed by atoms with Crippen molar-refractivity contribution in [3.63, 3.8) is 0 Å². The lowest BCUT2D eigenvalue weighted by Crippen LogP contribution is -2.27. The minimum atomic E-state index is 0.0304. The van der Waals surface area contributed by atoms with Crippen LogP contribution < -0.4 is 9.64 Å². The van der Waals surface area contributed by atoms with Crippen molar-refractivity contribution in [2.75, 3.05) is 17.3 Å². The van der Waals surface area contributed by atoms with Crippen molar-refractivity contribution >= 4 is 23.4 Å². The summed E-state index contributed by atoms with van der Waals surface area (Å²) >= 11 is 1.68. The fourth-order valence-corrected chi connectivity index (χ4v) is 4.63. The van der Waals surface area contributed by atoms with E-state index >= 15 is 0 Å². The van der Waals surface area contributed by atoms with Gasteiger partial charge in [0.05, 0.1) is 12.4 Å². The van der Waals surface area contributed by atoms with E-state index in [1.807, 2.05) is 29.2 Å². The number of benzene rings is 2. The van der Waals surface area contributed by atoms with Gasteiger partial charge in [-0.05, 0) is 43.2 Å². The number of aryl methyl sites for hydroxylation is 1. The van der Waals surface area contributed by atoms with Crippen LogP contribution in [0.15, 0.2) is 48.5 Å². The van der Waals surface area contributed by atoms with Crippen molar-refractivity contribution < 1.29 is 9.53 Å². The lowest BCUT2D eigenvalue weighted by molar-refractivity contribution is -0.115. The standard InChI is InChI=1S/C24H31NO2S/c1-3-4-5-6-7-8-17-27-22-15-11-20(12-16-22)24-25(23(26)18-28-24)21-13-9-19(2)10-14-21/h9-16,24H,3-8,17-18H2,1-2H3. The number of rotatable bonds is 10. The van der Waals surface area contributed by atoms with Crippen LogP contribution >= 0.6 is 11.8 Å². The number of amides is 1. The van der Waals surface area contributed by atoms with Gasteiger partial charge in [0.15, 0.2) is 0 Å². The molecule has 1 heterocycles. The number of carbonyl (C=O) groups excluding carboxylic acids is 1. The van der Waals surface area contributed by atoms with Crippen molar-refractivity contribution in [1.29, 1.82) is 0 Å². The molecule has 0 aromatic heterocycles. The Balaban J connectivity index is 1.55. The quantitative estimate of drug-likeness (QED) is 0.428. The van der Waals surface area contributed by atoms with Crippen LogP contribution in [0.25, 0.3) is 0 Å². The maximum atomic E-state index is 12.5. The Morgan fingerprint density at radius 1 is 0.964 bits per heavy atom. The van der Waals surface area contributed by atoms with Crippen LogP contribution in [0.5, 0.6) is 5.75 Å². The zero-order chi connectivity index (χ0) is 19.8. The van der Waals surface area contributed by atoms with Gasteiger partial charge in [0.2, 0.25) is 5.91 Å². The first-order valence-corrected chi connectivity index (χ1v) is 11.5. The first-order chi connectivity index (χ1) is 13.7. The Kier molecular flexibility index (Phi) is 7.84. The highest BCUT2D eigenvalue weighted by molar-refractivity contribution is 8.00. The van der Waals surface area contributed by atoms with Crippen LogP contribution in [0.1, 0.15) is 61.9 Å². The summed E-state index contributed by atoms with van der Waals surface area (Å²) in [5.74, 6) is 1.60. The second-order valence-corrected chi connectivity index (χ2v) is 8.52. The van der Waals surface area contributed by atoms with Crippen LogP contribution in [0, 0.1) is 6.92 Å². The summed E-state index contributed by atoms with van der Waals surface area (Å²) in [7, 11) is 0. The van der Waals surface area contributed by atoms with Crippen LogP contribution in [-0.4, -0.2) is 18.3 Å². The molecule has 0 saturated carbocycles. The lowest BCUT2D eigenvalue weighted by atomic mass is 10.1. The molecule has 0 bridgehead atoms. The van der Waals surface area contributed by atoms with Gasteiger partial charge < -0.3 is 4.74 Å². The summed E-state index contributed by atoms with van der Waals surface area (Å²) in [5.41, 5.74) is 3.31. The fraction of sp³-hybridized carbons (Fsp3) is 0.458. The average molecular weight is 398 g/mol. The summed E-state index contributed by atoms with van der Waals surface area (Å²) in [6.45, 7) is 5.08. The molecule has 1 saturated heterocycles. The highest BCUT2D eigenvalue weighted by Gasteiger charge is 2.33. The third-order valence-electron chi connectivity index (χ3n) is 5.11. The van der Waals surface area contributed by atoms with Crippen molar-refractivity contribution in [1.82, 2.24) is 0 Å².